The summed E-state index contributed by atoms with van der Waals surface area (Å²) in [6.45, 7) is 0.187. The van der Waals surface area contributed by atoms with Crippen LogP contribution in [-0.2, 0) is 16.4 Å². The molecule has 0 radical (unpaired) electrons. The molecule has 0 fully saturated rings. The molecular weight excluding hydrogens is 393 g/mol. The van der Waals surface area contributed by atoms with Crippen LogP contribution in [-0.4, -0.2) is 33.6 Å². The summed E-state index contributed by atoms with van der Waals surface area (Å²) < 4.78 is 29.8. The lowest BCUT2D eigenvalue weighted by Crippen LogP contribution is -2.24. The van der Waals surface area contributed by atoms with Crippen molar-refractivity contribution in [2.45, 2.75) is 6.42 Å². The second-order valence-electron chi connectivity index (χ2n) is 4.97. The molecule has 2 aromatic rings. The molecular formula is C15H15Cl2NO4S2. The van der Waals surface area contributed by atoms with E-state index in [0.29, 0.717) is 33.6 Å². The van der Waals surface area contributed by atoms with Crippen molar-refractivity contribution in [1.29, 1.82) is 0 Å². The third-order valence-electron chi connectivity index (χ3n) is 2.93. The number of rotatable bonds is 8. The summed E-state index contributed by atoms with van der Waals surface area (Å²) in [4.78, 5) is 13.6. The largest absolute Gasteiger partial charge is 0.485 e. The van der Waals surface area contributed by atoms with Crippen molar-refractivity contribution >= 4 is 50.3 Å². The summed E-state index contributed by atoms with van der Waals surface area (Å²) in [5.74, 6) is 0.306. The molecule has 0 bridgehead atoms. The van der Waals surface area contributed by atoms with Gasteiger partial charge in [0.2, 0.25) is 15.8 Å². The zero-order valence-electron chi connectivity index (χ0n) is 12.7. The van der Waals surface area contributed by atoms with Crippen LogP contribution in [0.3, 0.4) is 0 Å². The van der Waals surface area contributed by atoms with E-state index in [2.05, 4.69) is 4.72 Å². The lowest BCUT2D eigenvalue weighted by molar-refractivity contribution is 0.0925. The highest BCUT2D eigenvalue weighted by molar-refractivity contribution is 7.88. The predicted octanol–water partition coefficient (Wildman–Crippen LogP) is 3.41. The molecule has 9 heteroatoms. The maximum atomic E-state index is 12.1. The van der Waals surface area contributed by atoms with E-state index in [1.165, 1.54) is 11.3 Å². The molecule has 0 spiro atoms. The average molecular weight is 408 g/mol. The molecule has 0 atom stereocenters. The van der Waals surface area contributed by atoms with Gasteiger partial charge in [-0.3, -0.25) is 4.79 Å². The Labute approximate surface area is 154 Å². The summed E-state index contributed by atoms with van der Waals surface area (Å²) in [7, 11) is -3.20. The second kappa shape index (κ2) is 8.31. The Hall–Kier alpha value is -1.12. The zero-order valence-corrected chi connectivity index (χ0v) is 15.9. The molecule has 5 nitrogen and oxygen atoms in total. The molecule has 1 heterocycles. The normalized spacial score (nSPS) is 11.5. The lowest BCUT2D eigenvalue weighted by Gasteiger charge is -2.05. The fourth-order valence-electron chi connectivity index (χ4n) is 1.81. The molecule has 0 aliphatic rings. The van der Waals surface area contributed by atoms with E-state index >= 15 is 0 Å². The van der Waals surface area contributed by atoms with Crippen molar-refractivity contribution in [2.75, 3.05) is 19.4 Å². The number of thiophene rings is 1. The van der Waals surface area contributed by atoms with Crippen molar-refractivity contribution in [2.24, 2.45) is 0 Å². The average Bonchev–Trinajstić information content (AvgIpc) is 2.96. The van der Waals surface area contributed by atoms with Crippen LogP contribution < -0.4 is 9.46 Å². The molecule has 24 heavy (non-hydrogen) atoms. The number of nitrogens with one attached hydrogen (secondary N) is 1. The third kappa shape index (κ3) is 6.07. The number of hydrogen-bond acceptors (Lipinski definition) is 5. The van der Waals surface area contributed by atoms with Crippen LogP contribution in [0.1, 0.15) is 14.5 Å². The first-order valence-corrected chi connectivity index (χ1v) is 10.4. The van der Waals surface area contributed by atoms with E-state index < -0.39 is 10.0 Å². The molecule has 1 aromatic heterocycles. The summed E-state index contributed by atoms with van der Waals surface area (Å²) in [6, 6.07) is 8.30. The van der Waals surface area contributed by atoms with Crippen LogP contribution in [0.5, 0.6) is 5.75 Å². The van der Waals surface area contributed by atoms with Gasteiger partial charge in [-0.15, -0.1) is 11.3 Å². The van der Waals surface area contributed by atoms with E-state index in [4.69, 9.17) is 27.9 Å². The summed E-state index contributed by atoms with van der Waals surface area (Å²) in [6.07, 6.45) is 1.63. The Kier molecular flexibility index (Phi) is 6.65. The van der Waals surface area contributed by atoms with Crippen LogP contribution in [0.25, 0.3) is 0 Å². The van der Waals surface area contributed by atoms with Gasteiger partial charge in [0.15, 0.2) is 6.61 Å². The molecule has 1 aromatic carbocycles. The Balaban J connectivity index is 1.87. The fraction of sp³-hybridized carbons (Fsp3) is 0.267. The Bertz CT molecular complexity index is 834. The number of Topliss-reactive ketones (excluding diaryl/α,β-unsaturated/α-hetero) is 1. The van der Waals surface area contributed by atoms with Crippen molar-refractivity contribution < 1.29 is 17.9 Å². The number of carbonyl (C=O) groups excluding carboxylic acids is 1. The molecule has 130 valence electrons. The second-order valence-corrected chi connectivity index (χ2v) is 8.79. The maximum Gasteiger partial charge on any atom is 0.210 e. The number of carbonyl (C=O) groups is 1. The number of sulfonamides is 1. The first kappa shape index (κ1) is 19.2. The number of ether oxygens (including phenoxy) is 1. The molecule has 0 amide bonds. The van der Waals surface area contributed by atoms with Crippen molar-refractivity contribution in [3.05, 3.63) is 50.1 Å². The Morgan fingerprint density at radius 1 is 1.21 bits per heavy atom. The summed E-state index contributed by atoms with van der Waals surface area (Å²) >= 11 is 13.0. The topological polar surface area (TPSA) is 72.5 Å². The molecule has 1 N–H and O–H groups in total. The first-order valence-electron chi connectivity index (χ1n) is 6.89. The fourth-order valence-corrected chi connectivity index (χ4v) is 3.50. The van der Waals surface area contributed by atoms with Gasteiger partial charge in [-0.1, -0.05) is 23.2 Å². The van der Waals surface area contributed by atoms with E-state index in [1.807, 2.05) is 0 Å². The highest BCUT2D eigenvalue weighted by atomic mass is 35.5. The van der Waals surface area contributed by atoms with Gasteiger partial charge in [0.05, 0.1) is 21.2 Å². The van der Waals surface area contributed by atoms with Gasteiger partial charge in [0.25, 0.3) is 0 Å². The van der Waals surface area contributed by atoms with Crippen LogP contribution in [0.15, 0.2) is 30.3 Å². The lowest BCUT2D eigenvalue weighted by atomic mass is 10.3. The quantitative estimate of drug-likeness (QED) is 0.680. The van der Waals surface area contributed by atoms with Gasteiger partial charge >= 0.3 is 0 Å². The van der Waals surface area contributed by atoms with Gasteiger partial charge in [-0.2, -0.15) is 0 Å². The minimum Gasteiger partial charge on any atom is -0.485 e. The van der Waals surface area contributed by atoms with E-state index in [1.54, 1.807) is 30.3 Å². The van der Waals surface area contributed by atoms with Crippen LogP contribution in [0.2, 0.25) is 10.0 Å². The van der Waals surface area contributed by atoms with Gasteiger partial charge in [-0.05, 0) is 30.7 Å². The summed E-state index contributed by atoms with van der Waals surface area (Å²) in [5, 5.41) is 0.777. The SMILES string of the molecule is CS(=O)(=O)NCCc1ccc(C(=O)COc2ccc(Cl)c(Cl)c2)s1. The van der Waals surface area contributed by atoms with Crippen molar-refractivity contribution in [3.63, 3.8) is 0 Å². The van der Waals surface area contributed by atoms with Gasteiger partial charge in [-0.25, -0.2) is 13.1 Å². The molecule has 0 unspecified atom stereocenters. The van der Waals surface area contributed by atoms with Crippen molar-refractivity contribution in [3.8, 4) is 5.75 Å². The van der Waals surface area contributed by atoms with Gasteiger partial charge in [0, 0.05) is 17.5 Å². The summed E-state index contributed by atoms with van der Waals surface area (Å²) in [5.41, 5.74) is 0. The highest BCUT2D eigenvalue weighted by Gasteiger charge is 2.11. The van der Waals surface area contributed by atoms with Gasteiger partial charge < -0.3 is 4.74 Å². The number of benzene rings is 1. The zero-order chi connectivity index (χ0) is 17.7. The highest BCUT2D eigenvalue weighted by Crippen LogP contribution is 2.26. The van der Waals surface area contributed by atoms with E-state index in [9.17, 15) is 13.2 Å². The minimum atomic E-state index is -3.20. The van der Waals surface area contributed by atoms with E-state index in [-0.39, 0.29) is 12.4 Å². The standard InChI is InChI=1S/C15H15Cl2NO4S2/c1-24(20,21)18-7-6-11-3-5-15(23-11)14(19)9-22-10-2-4-12(16)13(17)8-10/h2-5,8,18H,6-7,9H2,1H3. The van der Waals surface area contributed by atoms with Crippen LogP contribution in [0.4, 0.5) is 0 Å². The first-order chi connectivity index (χ1) is 11.2. The smallest absolute Gasteiger partial charge is 0.210 e. The Morgan fingerprint density at radius 2 is 1.96 bits per heavy atom. The van der Waals surface area contributed by atoms with E-state index in [0.717, 1.165) is 11.1 Å². The third-order valence-corrected chi connectivity index (χ3v) is 5.59. The minimum absolute atomic E-state index is 0.112. The predicted molar refractivity (Wildman–Crippen MR) is 97.2 cm³/mol. The molecule has 0 aliphatic carbocycles. The molecule has 0 aliphatic heterocycles. The number of ketones is 1. The monoisotopic (exact) mass is 407 g/mol. The number of halogens is 2. The molecule has 2 rings (SSSR count). The number of hydrogen-bond donors (Lipinski definition) is 1. The van der Waals surface area contributed by atoms with Crippen LogP contribution in [0, 0.1) is 0 Å². The van der Waals surface area contributed by atoms with Crippen LogP contribution >= 0.6 is 34.5 Å². The maximum absolute atomic E-state index is 12.1. The van der Waals surface area contributed by atoms with Crippen molar-refractivity contribution in [1.82, 2.24) is 4.72 Å². The molecule has 0 saturated heterocycles. The Morgan fingerprint density at radius 3 is 2.62 bits per heavy atom. The van der Waals surface area contributed by atoms with Gasteiger partial charge in [0.1, 0.15) is 5.75 Å². The molecule has 0 saturated carbocycles.